The van der Waals surface area contributed by atoms with Crippen molar-refractivity contribution in [3.63, 3.8) is 0 Å². The first kappa shape index (κ1) is 10.2. The zero-order chi connectivity index (χ0) is 9.68. The van der Waals surface area contributed by atoms with Crippen molar-refractivity contribution < 1.29 is 13.9 Å². The minimum atomic E-state index is -0.589. The predicted molar refractivity (Wildman–Crippen MR) is 51.4 cm³/mol. The second-order valence-corrected chi connectivity index (χ2v) is 3.08. The molecule has 13 heavy (non-hydrogen) atoms. The lowest BCUT2D eigenvalue weighted by Crippen LogP contribution is -2.05. The van der Waals surface area contributed by atoms with Gasteiger partial charge in [0.05, 0.1) is 6.26 Å². The maximum Gasteiger partial charge on any atom is 0.307 e. The van der Waals surface area contributed by atoms with Gasteiger partial charge in [-0.2, -0.15) is 0 Å². The number of thiol groups is 1. The molecule has 1 aromatic heterocycles. The Bertz CT molecular complexity index is 256. The van der Waals surface area contributed by atoms with E-state index in [0.717, 1.165) is 6.42 Å². The van der Waals surface area contributed by atoms with Crippen LogP contribution in [0.3, 0.4) is 0 Å². The van der Waals surface area contributed by atoms with Crippen molar-refractivity contribution >= 4 is 18.6 Å². The molecule has 1 unspecified atom stereocenters. The highest BCUT2D eigenvalue weighted by atomic mass is 32.1. The van der Waals surface area contributed by atoms with Gasteiger partial charge in [-0.1, -0.05) is 6.92 Å². The van der Waals surface area contributed by atoms with Gasteiger partial charge in [0.15, 0.2) is 5.76 Å². The third kappa shape index (κ3) is 3.14. The van der Waals surface area contributed by atoms with Gasteiger partial charge < -0.3 is 9.15 Å². The first-order valence-corrected chi connectivity index (χ1v) is 4.66. The lowest BCUT2D eigenvalue weighted by Gasteiger charge is -2.08. The van der Waals surface area contributed by atoms with Crippen LogP contribution in [0.1, 0.15) is 31.0 Å². The van der Waals surface area contributed by atoms with Crippen molar-refractivity contribution in [3.05, 3.63) is 24.2 Å². The van der Waals surface area contributed by atoms with Gasteiger partial charge in [0, 0.05) is 6.42 Å². The van der Waals surface area contributed by atoms with Crippen LogP contribution in [0.15, 0.2) is 22.8 Å². The second kappa shape index (κ2) is 4.97. The van der Waals surface area contributed by atoms with Crippen LogP contribution in [-0.4, -0.2) is 5.97 Å². The lowest BCUT2D eigenvalue weighted by atomic mass is 10.3. The molecule has 1 heterocycles. The molecule has 1 aromatic rings. The number of furan rings is 1. The second-order valence-electron chi connectivity index (χ2n) is 2.61. The number of hydrogen-bond acceptors (Lipinski definition) is 4. The van der Waals surface area contributed by atoms with Crippen LogP contribution in [0.5, 0.6) is 0 Å². The highest BCUT2D eigenvalue weighted by Crippen LogP contribution is 2.21. The number of rotatable bonds is 4. The zero-order valence-corrected chi connectivity index (χ0v) is 8.29. The van der Waals surface area contributed by atoms with Crippen molar-refractivity contribution in [2.45, 2.75) is 25.2 Å². The minimum absolute atomic E-state index is 0.251. The molecule has 4 heteroatoms. The van der Waals surface area contributed by atoms with Crippen molar-refractivity contribution in [1.29, 1.82) is 0 Å². The van der Waals surface area contributed by atoms with E-state index in [1.54, 1.807) is 12.1 Å². The average molecular weight is 200 g/mol. The predicted octanol–water partition coefficient (Wildman–Crippen LogP) is 2.55. The fourth-order valence-electron chi connectivity index (χ4n) is 0.877. The fraction of sp³-hybridized carbons (Fsp3) is 0.444. The molecular weight excluding hydrogens is 188 g/mol. The van der Waals surface area contributed by atoms with E-state index < -0.39 is 5.44 Å². The average Bonchev–Trinajstić information content (AvgIpc) is 2.55. The van der Waals surface area contributed by atoms with Crippen LogP contribution < -0.4 is 0 Å². The van der Waals surface area contributed by atoms with Gasteiger partial charge in [-0.05, 0) is 18.6 Å². The third-order valence-electron chi connectivity index (χ3n) is 1.48. The summed E-state index contributed by atoms with van der Waals surface area (Å²) in [4.78, 5) is 11.0. The van der Waals surface area contributed by atoms with E-state index in [2.05, 4.69) is 12.6 Å². The van der Waals surface area contributed by atoms with Gasteiger partial charge in [-0.25, -0.2) is 0 Å². The molecule has 0 saturated heterocycles. The van der Waals surface area contributed by atoms with Crippen LogP contribution in [-0.2, 0) is 9.53 Å². The van der Waals surface area contributed by atoms with E-state index in [-0.39, 0.29) is 5.97 Å². The van der Waals surface area contributed by atoms with Gasteiger partial charge >= 0.3 is 5.97 Å². The van der Waals surface area contributed by atoms with E-state index in [1.807, 2.05) is 6.92 Å². The summed E-state index contributed by atoms with van der Waals surface area (Å²) in [7, 11) is 0. The monoisotopic (exact) mass is 200 g/mol. The SMILES string of the molecule is CCCC(=O)OC(S)c1ccco1. The molecule has 0 amide bonds. The molecule has 0 aromatic carbocycles. The lowest BCUT2D eigenvalue weighted by molar-refractivity contribution is -0.145. The van der Waals surface area contributed by atoms with Crippen molar-refractivity contribution in [3.8, 4) is 0 Å². The Morgan fingerprint density at radius 2 is 2.54 bits per heavy atom. The van der Waals surface area contributed by atoms with Crippen LogP contribution >= 0.6 is 12.6 Å². The van der Waals surface area contributed by atoms with Gasteiger partial charge in [0.2, 0.25) is 5.44 Å². The highest BCUT2D eigenvalue weighted by molar-refractivity contribution is 7.80. The molecule has 3 nitrogen and oxygen atoms in total. The summed E-state index contributed by atoms with van der Waals surface area (Å²) in [5, 5.41) is 0. The summed E-state index contributed by atoms with van der Waals surface area (Å²) in [6.45, 7) is 1.92. The summed E-state index contributed by atoms with van der Waals surface area (Å²) >= 11 is 4.08. The van der Waals surface area contributed by atoms with E-state index in [9.17, 15) is 4.79 Å². The standard InChI is InChI=1S/C9H12O3S/c1-2-4-8(10)12-9(13)7-5-3-6-11-7/h3,5-6,9,13H,2,4H2,1H3. The number of carbonyl (C=O) groups excluding carboxylic acids is 1. The Morgan fingerprint density at radius 1 is 1.77 bits per heavy atom. The maximum absolute atomic E-state index is 11.0. The Labute approximate surface area is 82.5 Å². The van der Waals surface area contributed by atoms with E-state index >= 15 is 0 Å². The Balaban J connectivity index is 2.42. The Morgan fingerprint density at radius 3 is 3.08 bits per heavy atom. The molecule has 0 aliphatic heterocycles. The van der Waals surface area contributed by atoms with Crippen molar-refractivity contribution in [2.24, 2.45) is 0 Å². The van der Waals surface area contributed by atoms with Gasteiger partial charge in [-0.15, -0.1) is 12.6 Å². The molecule has 0 aliphatic carbocycles. The van der Waals surface area contributed by atoms with E-state index in [0.29, 0.717) is 12.2 Å². The zero-order valence-electron chi connectivity index (χ0n) is 7.40. The molecule has 72 valence electrons. The first-order valence-electron chi connectivity index (χ1n) is 4.15. The van der Waals surface area contributed by atoms with Gasteiger partial charge in [0.1, 0.15) is 0 Å². The van der Waals surface area contributed by atoms with Crippen LogP contribution in [0.2, 0.25) is 0 Å². The van der Waals surface area contributed by atoms with Crippen LogP contribution in [0, 0.1) is 0 Å². The molecule has 0 bridgehead atoms. The van der Waals surface area contributed by atoms with Crippen molar-refractivity contribution in [1.82, 2.24) is 0 Å². The summed E-state index contributed by atoms with van der Waals surface area (Å²) in [5.41, 5.74) is -0.589. The maximum atomic E-state index is 11.0. The number of ether oxygens (including phenoxy) is 1. The van der Waals surface area contributed by atoms with Gasteiger partial charge in [-0.3, -0.25) is 4.79 Å². The molecule has 0 aliphatic rings. The Kier molecular flexibility index (Phi) is 3.89. The molecule has 0 fully saturated rings. The molecule has 0 spiro atoms. The number of carbonyl (C=O) groups is 1. The first-order chi connectivity index (χ1) is 6.24. The van der Waals surface area contributed by atoms with Gasteiger partial charge in [0.25, 0.3) is 0 Å². The molecule has 0 radical (unpaired) electrons. The van der Waals surface area contributed by atoms with E-state index in [4.69, 9.17) is 9.15 Å². The normalized spacial score (nSPS) is 12.5. The molecule has 0 saturated carbocycles. The van der Waals surface area contributed by atoms with Crippen molar-refractivity contribution in [2.75, 3.05) is 0 Å². The largest absolute Gasteiger partial charge is 0.464 e. The number of esters is 1. The van der Waals surface area contributed by atoms with Crippen LogP contribution in [0.4, 0.5) is 0 Å². The minimum Gasteiger partial charge on any atom is -0.464 e. The topological polar surface area (TPSA) is 39.4 Å². The number of hydrogen-bond donors (Lipinski definition) is 1. The van der Waals surface area contributed by atoms with E-state index in [1.165, 1.54) is 6.26 Å². The highest BCUT2D eigenvalue weighted by Gasteiger charge is 2.13. The fourth-order valence-corrected chi connectivity index (χ4v) is 1.14. The smallest absolute Gasteiger partial charge is 0.307 e. The summed E-state index contributed by atoms with van der Waals surface area (Å²) in [6.07, 6.45) is 2.71. The molecular formula is C9H12O3S. The summed E-state index contributed by atoms with van der Waals surface area (Å²) in [5.74, 6) is 0.298. The summed E-state index contributed by atoms with van der Waals surface area (Å²) < 4.78 is 9.99. The summed E-state index contributed by atoms with van der Waals surface area (Å²) in [6, 6.07) is 3.45. The Hall–Kier alpha value is -0.900. The molecule has 1 rings (SSSR count). The van der Waals surface area contributed by atoms with Crippen LogP contribution in [0.25, 0.3) is 0 Å². The third-order valence-corrected chi connectivity index (χ3v) is 1.84. The molecule has 1 atom stereocenters. The molecule has 0 N–H and O–H groups in total. The quantitative estimate of drug-likeness (QED) is 0.461.